The average Bonchev–Trinajstić information content (AvgIpc) is 2.70. The van der Waals surface area contributed by atoms with Gasteiger partial charge < -0.3 is 5.32 Å². The number of carbonyl (C=O) groups excluding carboxylic acids is 1. The van der Waals surface area contributed by atoms with E-state index in [9.17, 15) is 4.79 Å². The lowest BCUT2D eigenvalue weighted by molar-refractivity contribution is -0.117. The largest absolute Gasteiger partial charge is 0.316 e. The van der Waals surface area contributed by atoms with Gasteiger partial charge >= 0.3 is 0 Å². The number of rotatable bonds is 6. The maximum atomic E-state index is 10.0. The molecule has 1 aliphatic rings. The number of amides is 1. The van der Waals surface area contributed by atoms with Crippen molar-refractivity contribution >= 4 is 12.2 Å². The summed E-state index contributed by atoms with van der Waals surface area (Å²) >= 11 is 0. The summed E-state index contributed by atoms with van der Waals surface area (Å²) in [4.78, 5) is 13.6. The quantitative estimate of drug-likeness (QED) is 0.531. The number of carbonyl (C=O) groups is 1. The Morgan fingerprint density at radius 1 is 1.47 bits per heavy atom. The molecular formula is C12H22N2O. The van der Waals surface area contributed by atoms with Crippen LogP contribution >= 0.6 is 0 Å². The third kappa shape index (κ3) is 10.8. The fourth-order valence-corrected chi connectivity index (χ4v) is 1.18. The molecule has 0 aliphatic carbocycles. The van der Waals surface area contributed by atoms with Crippen LogP contribution in [0.5, 0.6) is 0 Å². The van der Waals surface area contributed by atoms with Gasteiger partial charge in [-0.1, -0.05) is 38.7 Å². The van der Waals surface area contributed by atoms with Gasteiger partial charge in [-0.05, 0) is 12.8 Å². The lowest BCUT2D eigenvalue weighted by atomic mass is 10.1. The van der Waals surface area contributed by atoms with Gasteiger partial charge in [0.05, 0.1) is 6.34 Å². The van der Waals surface area contributed by atoms with E-state index in [4.69, 9.17) is 0 Å². The van der Waals surface area contributed by atoms with Crippen LogP contribution in [0.15, 0.2) is 17.6 Å². The Hall–Kier alpha value is -1.12. The molecule has 15 heavy (non-hydrogen) atoms. The van der Waals surface area contributed by atoms with Gasteiger partial charge in [0.2, 0.25) is 5.91 Å². The van der Waals surface area contributed by atoms with Crippen molar-refractivity contribution in [1.29, 1.82) is 0 Å². The molecule has 1 rings (SSSR count). The SMILES string of the molecule is C=CCCCCCCC.O=C1CN=CN1. The van der Waals surface area contributed by atoms with Crippen LogP contribution in [0.2, 0.25) is 0 Å². The average molecular weight is 210 g/mol. The minimum Gasteiger partial charge on any atom is -0.316 e. The highest BCUT2D eigenvalue weighted by Gasteiger charge is 1.98. The molecule has 0 saturated heterocycles. The molecule has 0 radical (unpaired) electrons. The predicted octanol–water partition coefficient (Wildman–Crippen LogP) is 2.68. The lowest BCUT2D eigenvalue weighted by Gasteiger charge is -1.94. The second-order valence-corrected chi connectivity index (χ2v) is 3.53. The monoisotopic (exact) mass is 210 g/mol. The summed E-state index contributed by atoms with van der Waals surface area (Å²) in [5.41, 5.74) is 0. The maximum Gasteiger partial charge on any atom is 0.246 e. The second-order valence-electron chi connectivity index (χ2n) is 3.53. The van der Waals surface area contributed by atoms with Crippen molar-refractivity contribution in [2.24, 2.45) is 4.99 Å². The Morgan fingerprint density at radius 3 is 2.60 bits per heavy atom. The molecule has 0 spiro atoms. The van der Waals surface area contributed by atoms with Crippen molar-refractivity contribution < 1.29 is 4.79 Å². The molecule has 0 bridgehead atoms. The van der Waals surface area contributed by atoms with E-state index in [2.05, 4.69) is 23.8 Å². The molecule has 1 heterocycles. The minimum absolute atomic E-state index is 0.0185. The van der Waals surface area contributed by atoms with Crippen molar-refractivity contribution in [3.63, 3.8) is 0 Å². The van der Waals surface area contributed by atoms with Gasteiger partial charge in [0.25, 0.3) is 0 Å². The zero-order valence-corrected chi connectivity index (χ0v) is 9.67. The molecule has 3 heteroatoms. The number of nitrogens with zero attached hydrogens (tertiary/aromatic N) is 1. The van der Waals surface area contributed by atoms with Gasteiger partial charge in [-0.25, -0.2) is 0 Å². The summed E-state index contributed by atoms with van der Waals surface area (Å²) < 4.78 is 0. The van der Waals surface area contributed by atoms with Crippen molar-refractivity contribution in [1.82, 2.24) is 5.32 Å². The van der Waals surface area contributed by atoms with Gasteiger partial charge in [-0.2, -0.15) is 0 Å². The van der Waals surface area contributed by atoms with E-state index in [1.54, 1.807) is 0 Å². The van der Waals surface area contributed by atoms with Crippen LogP contribution in [0.25, 0.3) is 0 Å². The topological polar surface area (TPSA) is 41.5 Å². The van der Waals surface area contributed by atoms with E-state index in [-0.39, 0.29) is 5.91 Å². The number of allylic oxidation sites excluding steroid dienone is 1. The first-order valence-corrected chi connectivity index (χ1v) is 5.69. The van der Waals surface area contributed by atoms with Crippen molar-refractivity contribution in [3.05, 3.63) is 12.7 Å². The fraction of sp³-hybridized carbons (Fsp3) is 0.667. The molecule has 0 saturated carbocycles. The predicted molar refractivity (Wildman–Crippen MR) is 65.1 cm³/mol. The smallest absolute Gasteiger partial charge is 0.246 e. The third-order valence-electron chi connectivity index (χ3n) is 2.06. The highest BCUT2D eigenvalue weighted by atomic mass is 16.2. The molecule has 0 aromatic carbocycles. The molecule has 86 valence electrons. The number of unbranched alkanes of at least 4 members (excludes halogenated alkanes) is 5. The normalized spacial score (nSPS) is 13.0. The van der Waals surface area contributed by atoms with Crippen LogP contribution < -0.4 is 5.32 Å². The number of hydrogen-bond donors (Lipinski definition) is 1. The fourth-order valence-electron chi connectivity index (χ4n) is 1.18. The van der Waals surface area contributed by atoms with Gasteiger partial charge in [0.1, 0.15) is 6.54 Å². The molecule has 0 aromatic rings. The molecule has 0 unspecified atom stereocenters. The number of hydrogen-bond acceptors (Lipinski definition) is 2. The van der Waals surface area contributed by atoms with E-state index < -0.39 is 0 Å². The Kier molecular flexibility index (Phi) is 10.1. The summed E-state index contributed by atoms with van der Waals surface area (Å²) in [5, 5.41) is 2.39. The molecule has 3 nitrogen and oxygen atoms in total. The molecule has 1 N–H and O–H groups in total. The van der Waals surface area contributed by atoms with Gasteiger partial charge in [0.15, 0.2) is 0 Å². The van der Waals surface area contributed by atoms with Crippen molar-refractivity contribution in [3.8, 4) is 0 Å². The molecule has 0 aromatic heterocycles. The van der Waals surface area contributed by atoms with Crippen LogP contribution in [-0.4, -0.2) is 18.8 Å². The van der Waals surface area contributed by atoms with Crippen LogP contribution in [0.4, 0.5) is 0 Å². The highest BCUT2D eigenvalue weighted by molar-refractivity contribution is 5.93. The number of aliphatic imine (C=N–C) groups is 1. The van der Waals surface area contributed by atoms with Crippen LogP contribution in [-0.2, 0) is 4.79 Å². The molecule has 1 amide bonds. The Labute approximate surface area is 92.7 Å². The van der Waals surface area contributed by atoms with Crippen LogP contribution in [0, 0.1) is 0 Å². The summed E-state index contributed by atoms with van der Waals surface area (Å²) in [6.45, 7) is 6.23. The van der Waals surface area contributed by atoms with E-state index in [0.29, 0.717) is 6.54 Å². The van der Waals surface area contributed by atoms with E-state index in [1.807, 2.05) is 6.08 Å². The van der Waals surface area contributed by atoms with Gasteiger partial charge in [-0.3, -0.25) is 9.79 Å². The third-order valence-corrected chi connectivity index (χ3v) is 2.06. The highest BCUT2D eigenvalue weighted by Crippen LogP contribution is 2.04. The second kappa shape index (κ2) is 11.0. The van der Waals surface area contributed by atoms with E-state index >= 15 is 0 Å². The molecule has 1 aliphatic heterocycles. The summed E-state index contributed by atoms with van der Waals surface area (Å²) in [5.74, 6) is -0.0185. The first-order chi connectivity index (χ1) is 7.31. The van der Waals surface area contributed by atoms with Crippen molar-refractivity contribution in [2.45, 2.75) is 45.4 Å². The van der Waals surface area contributed by atoms with Gasteiger partial charge in [-0.15, -0.1) is 6.58 Å². The van der Waals surface area contributed by atoms with E-state index in [0.717, 1.165) is 0 Å². The first kappa shape index (κ1) is 13.9. The Morgan fingerprint density at radius 2 is 2.20 bits per heavy atom. The summed E-state index contributed by atoms with van der Waals surface area (Å²) in [6, 6.07) is 0. The van der Waals surface area contributed by atoms with Crippen LogP contribution in [0.3, 0.4) is 0 Å². The summed E-state index contributed by atoms with van der Waals surface area (Å²) in [7, 11) is 0. The molecule has 0 atom stereocenters. The Balaban J connectivity index is 0.000000280. The van der Waals surface area contributed by atoms with Crippen LogP contribution in [0.1, 0.15) is 45.4 Å². The molecular weight excluding hydrogens is 188 g/mol. The van der Waals surface area contributed by atoms with Gasteiger partial charge in [0, 0.05) is 0 Å². The number of nitrogens with one attached hydrogen (secondary N) is 1. The molecule has 0 fully saturated rings. The Bertz CT molecular complexity index is 190. The zero-order chi connectivity index (χ0) is 11.4. The first-order valence-electron chi connectivity index (χ1n) is 5.69. The maximum absolute atomic E-state index is 10.0. The van der Waals surface area contributed by atoms with Crippen molar-refractivity contribution in [2.75, 3.05) is 6.54 Å². The standard InChI is InChI=1S/C9H18.C3H4N2O/c1-3-5-7-9-8-6-4-2;6-3-1-4-2-5-3/h3H,1,4-9H2,2H3;2H,1H2,(H,4,5,6). The zero-order valence-electron chi connectivity index (χ0n) is 9.67. The lowest BCUT2D eigenvalue weighted by Crippen LogP contribution is -2.15. The minimum atomic E-state index is -0.0185. The van der Waals surface area contributed by atoms with E-state index in [1.165, 1.54) is 44.9 Å². The summed E-state index contributed by atoms with van der Waals surface area (Å²) in [6.07, 6.45) is 11.5.